The van der Waals surface area contributed by atoms with Crippen molar-refractivity contribution in [2.75, 3.05) is 19.3 Å². The maximum absolute atomic E-state index is 2.68. The third-order valence-electron chi connectivity index (χ3n) is 3.47. The molecular weight excluding hydrogens is 180 g/mol. The Morgan fingerprint density at radius 1 is 1.15 bits per heavy atom. The highest BCUT2D eigenvalue weighted by atomic mass is 32.2. The molecule has 0 spiro atoms. The lowest BCUT2D eigenvalue weighted by Gasteiger charge is -2.27. The zero-order valence-corrected chi connectivity index (χ0v) is 9.68. The van der Waals surface area contributed by atoms with Crippen molar-refractivity contribution >= 4 is 11.9 Å². The van der Waals surface area contributed by atoms with Gasteiger partial charge in [-0.15, -0.1) is 0 Å². The van der Waals surface area contributed by atoms with Crippen LogP contribution in [0.5, 0.6) is 0 Å². The van der Waals surface area contributed by atoms with Crippen LogP contribution in [0.3, 0.4) is 0 Å². The van der Waals surface area contributed by atoms with Crippen molar-refractivity contribution in [1.29, 1.82) is 0 Å². The van der Waals surface area contributed by atoms with E-state index in [4.69, 9.17) is 0 Å². The minimum Gasteiger partial charge on any atom is -0.296 e. The number of rotatable bonds is 2. The number of nitrogens with zero attached hydrogens (tertiary/aromatic N) is 2. The molecule has 2 saturated heterocycles. The molecule has 0 aromatic rings. The lowest BCUT2D eigenvalue weighted by molar-refractivity contribution is 0.201. The topological polar surface area (TPSA) is 6.48 Å². The summed E-state index contributed by atoms with van der Waals surface area (Å²) in [7, 11) is 0. The molecule has 2 rings (SSSR count). The zero-order chi connectivity index (χ0) is 9.42. The van der Waals surface area contributed by atoms with E-state index in [1.165, 1.54) is 25.9 Å². The fraction of sp³-hybridized carbons (Fsp3) is 1.00. The Morgan fingerprint density at radius 2 is 1.85 bits per heavy atom. The summed E-state index contributed by atoms with van der Waals surface area (Å²) in [5.74, 6) is 0. The summed E-state index contributed by atoms with van der Waals surface area (Å²) >= 11 is 1.93. The molecule has 0 saturated carbocycles. The molecule has 0 amide bonds. The van der Waals surface area contributed by atoms with Gasteiger partial charge in [-0.05, 0) is 32.9 Å². The Hall–Kier alpha value is 0.270. The minimum absolute atomic E-state index is 0.733. The van der Waals surface area contributed by atoms with Crippen LogP contribution in [-0.4, -0.2) is 46.7 Å². The molecule has 76 valence electrons. The van der Waals surface area contributed by atoms with Gasteiger partial charge in [0.05, 0.1) is 0 Å². The van der Waals surface area contributed by atoms with Crippen molar-refractivity contribution in [1.82, 2.24) is 9.21 Å². The highest BCUT2D eigenvalue weighted by molar-refractivity contribution is 7.96. The van der Waals surface area contributed by atoms with Gasteiger partial charge in [0.1, 0.15) is 0 Å². The van der Waals surface area contributed by atoms with Crippen molar-refractivity contribution in [3.05, 3.63) is 0 Å². The first-order valence-electron chi connectivity index (χ1n) is 5.30. The molecule has 13 heavy (non-hydrogen) atoms. The Morgan fingerprint density at radius 3 is 2.46 bits per heavy atom. The van der Waals surface area contributed by atoms with Crippen molar-refractivity contribution in [2.24, 2.45) is 0 Å². The zero-order valence-electron chi connectivity index (χ0n) is 8.86. The lowest BCUT2D eigenvalue weighted by atomic mass is 10.1. The molecule has 2 heterocycles. The van der Waals surface area contributed by atoms with Crippen LogP contribution < -0.4 is 0 Å². The second-order valence-electron chi connectivity index (χ2n) is 4.37. The Balaban J connectivity index is 2.03. The van der Waals surface area contributed by atoms with Gasteiger partial charge in [0, 0.05) is 31.2 Å². The summed E-state index contributed by atoms with van der Waals surface area (Å²) in [4.78, 5) is 2.68. The third-order valence-corrected chi connectivity index (χ3v) is 4.39. The summed E-state index contributed by atoms with van der Waals surface area (Å²) in [5, 5.41) is 0. The quantitative estimate of drug-likeness (QED) is 0.628. The van der Waals surface area contributed by atoms with Gasteiger partial charge in [-0.3, -0.25) is 4.90 Å². The molecular formula is C10H20N2S. The monoisotopic (exact) mass is 200 g/mol. The van der Waals surface area contributed by atoms with Gasteiger partial charge < -0.3 is 0 Å². The van der Waals surface area contributed by atoms with Crippen molar-refractivity contribution in [2.45, 2.75) is 44.8 Å². The highest BCUT2D eigenvalue weighted by Gasteiger charge is 2.42. The van der Waals surface area contributed by atoms with E-state index < -0.39 is 0 Å². The van der Waals surface area contributed by atoms with E-state index in [0.717, 1.165) is 18.1 Å². The number of fused-ring (bicyclic) bond motifs is 1. The van der Waals surface area contributed by atoms with Crippen molar-refractivity contribution < 1.29 is 0 Å². The predicted molar refractivity (Wildman–Crippen MR) is 58.9 cm³/mol. The smallest absolute Gasteiger partial charge is 0.0370 e. The molecule has 2 nitrogen and oxygen atoms in total. The van der Waals surface area contributed by atoms with Crippen molar-refractivity contribution in [3.8, 4) is 0 Å². The number of likely N-dealkylation sites (tertiary alicyclic amines) is 1. The molecule has 2 aliphatic heterocycles. The summed E-state index contributed by atoms with van der Waals surface area (Å²) < 4.78 is 2.58. The predicted octanol–water partition coefficient (Wildman–Crippen LogP) is 1.82. The molecule has 0 aromatic heterocycles. The van der Waals surface area contributed by atoms with Crippen LogP contribution in [0.2, 0.25) is 0 Å². The molecule has 0 radical (unpaired) electrons. The fourth-order valence-corrected chi connectivity index (χ4v) is 3.65. The molecule has 2 unspecified atom stereocenters. The maximum Gasteiger partial charge on any atom is 0.0370 e. The standard InChI is InChI=1S/C10H20N2S/c1-8(2)11-6-4-10-9(11)5-7-12(10)13-3/h8-10H,4-7H2,1-3H3. The molecule has 3 heteroatoms. The van der Waals surface area contributed by atoms with E-state index in [2.05, 4.69) is 29.3 Å². The largest absolute Gasteiger partial charge is 0.296 e. The summed E-state index contributed by atoms with van der Waals surface area (Å²) in [6.45, 7) is 7.25. The molecule has 0 aliphatic carbocycles. The molecule has 2 fully saturated rings. The third kappa shape index (κ3) is 1.62. The molecule has 2 atom stereocenters. The highest BCUT2D eigenvalue weighted by Crippen LogP contribution is 2.35. The van der Waals surface area contributed by atoms with Gasteiger partial charge in [0.25, 0.3) is 0 Å². The Bertz CT molecular complexity index is 184. The van der Waals surface area contributed by atoms with E-state index in [0.29, 0.717) is 0 Å². The lowest BCUT2D eigenvalue weighted by Crippen LogP contribution is -2.38. The molecule has 2 aliphatic rings. The van der Waals surface area contributed by atoms with Gasteiger partial charge in [-0.25, -0.2) is 4.31 Å². The van der Waals surface area contributed by atoms with Gasteiger partial charge in [-0.1, -0.05) is 11.9 Å². The van der Waals surface area contributed by atoms with Gasteiger partial charge in [-0.2, -0.15) is 0 Å². The van der Waals surface area contributed by atoms with E-state index in [-0.39, 0.29) is 0 Å². The van der Waals surface area contributed by atoms with Gasteiger partial charge in [0.15, 0.2) is 0 Å². The SMILES string of the molecule is CSN1CCC2C1CCN2C(C)C. The summed E-state index contributed by atoms with van der Waals surface area (Å²) in [5.41, 5.74) is 0. The van der Waals surface area contributed by atoms with Crippen LogP contribution in [0.4, 0.5) is 0 Å². The van der Waals surface area contributed by atoms with Crippen LogP contribution >= 0.6 is 11.9 Å². The normalized spacial score (nSPS) is 36.0. The second-order valence-corrected chi connectivity index (χ2v) is 5.20. The molecule has 0 bridgehead atoms. The average Bonchev–Trinajstić information content (AvgIpc) is 2.61. The van der Waals surface area contributed by atoms with Crippen LogP contribution in [0.15, 0.2) is 0 Å². The molecule has 0 N–H and O–H groups in total. The van der Waals surface area contributed by atoms with Crippen molar-refractivity contribution in [3.63, 3.8) is 0 Å². The van der Waals surface area contributed by atoms with Crippen LogP contribution in [-0.2, 0) is 0 Å². The maximum atomic E-state index is 2.68. The fourth-order valence-electron chi connectivity index (χ4n) is 2.85. The van der Waals surface area contributed by atoms with Crippen LogP contribution in [0, 0.1) is 0 Å². The first-order chi connectivity index (χ1) is 6.24. The Labute approximate surface area is 85.8 Å². The minimum atomic E-state index is 0.733. The van der Waals surface area contributed by atoms with Gasteiger partial charge >= 0.3 is 0 Å². The second kappa shape index (κ2) is 3.79. The average molecular weight is 200 g/mol. The summed E-state index contributed by atoms with van der Waals surface area (Å²) in [6, 6.07) is 2.43. The van der Waals surface area contributed by atoms with Gasteiger partial charge in [0.2, 0.25) is 0 Å². The van der Waals surface area contributed by atoms with E-state index in [9.17, 15) is 0 Å². The van der Waals surface area contributed by atoms with Crippen LogP contribution in [0.1, 0.15) is 26.7 Å². The van der Waals surface area contributed by atoms with E-state index in [1.807, 2.05) is 11.9 Å². The number of hydrogen-bond acceptors (Lipinski definition) is 3. The first-order valence-corrected chi connectivity index (χ1v) is 6.48. The van der Waals surface area contributed by atoms with E-state index >= 15 is 0 Å². The van der Waals surface area contributed by atoms with Crippen LogP contribution in [0.25, 0.3) is 0 Å². The Kier molecular flexibility index (Phi) is 2.86. The first kappa shape index (κ1) is 9.81. The van der Waals surface area contributed by atoms with E-state index in [1.54, 1.807) is 0 Å². The summed E-state index contributed by atoms with van der Waals surface area (Å²) in [6.07, 6.45) is 4.97. The number of hydrogen-bond donors (Lipinski definition) is 0. The molecule has 0 aromatic carbocycles.